The number of hydrogen-bond donors (Lipinski definition) is 2. The largest absolute Gasteiger partial charge is 0.335 e. The number of rotatable bonds is 3. The number of imidazole rings is 1. The van der Waals surface area contributed by atoms with Crippen LogP contribution in [0.3, 0.4) is 0 Å². The van der Waals surface area contributed by atoms with E-state index in [1.54, 1.807) is 42.9 Å². The van der Waals surface area contributed by atoms with E-state index in [1.165, 1.54) is 18.3 Å². The van der Waals surface area contributed by atoms with Crippen molar-refractivity contribution in [3.05, 3.63) is 78.4 Å². The standard InChI is InChI=1S/C24H15F2N7/c1-12-5-7-27-10-16(12)20-19(26)18-17(11-29-20)32-33-22(18)24-30-21-15(6-8-28-23(21)31-24)13-3-2-4-14(25)9-13/h2-11H,1H3,(H,32,33)(H,28,30,31). The Morgan fingerprint density at radius 3 is 2.67 bits per heavy atom. The Morgan fingerprint density at radius 2 is 1.82 bits per heavy atom. The minimum Gasteiger partial charge on any atom is -0.335 e. The second-order valence-electron chi connectivity index (χ2n) is 7.63. The highest BCUT2D eigenvalue weighted by atomic mass is 19.1. The molecule has 0 atom stereocenters. The van der Waals surface area contributed by atoms with Gasteiger partial charge in [-0.2, -0.15) is 5.10 Å². The fourth-order valence-corrected chi connectivity index (χ4v) is 3.97. The normalized spacial score (nSPS) is 11.5. The number of fused-ring (bicyclic) bond motifs is 2. The van der Waals surface area contributed by atoms with Crippen LogP contribution in [0.5, 0.6) is 0 Å². The molecule has 0 spiro atoms. The number of aromatic amines is 2. The third-order valence-corrected chi connectivity index (χ3v) is 5.59. The van der Waals surface area contributed by atoms with Crippen LogP contribution in [-0.4, -0.2) is 35.1 Å². The maximum absolute atomic E-state index is 15.7. The van der Waals surface area contributed by atoms with Gasteiger partial charge in [0.05, 0.1) is 22.6 Å². The lowest BCUT2D eigenvalue weighted by molar-refractivity contribution is 0.628. The van der Waals surface area contributed by atoms with Crippen LogP contribution in [-0.2, 0) is 0 Å². The van der Waals surface area contributed by atoms with Crippen molar-refractivity contribution in [2.24, 2.45) is 0 Å². The van der Waals surface area contributed by atoms with Gasteiger partial charge in [0, 0.05) is 29.7 Å². The van der Waals surface area contributed by atoms with E-state index in [4.69, 9.17) is 0 Å². The summed E-state index contributed by atoms with van der Waals surface area (Å²) in [5.74, 6) is -0.527. The lowest BCUT2D eigenvalue weighted by Gasteiger charge is -2.06. The Labute approximate surface area is 185 Å². The van der Waals surface area contributed by atoms with Crippen LogP contribution in [0.2, 0.25) is 0 Å². The Morgan fingerprint density at radius 1 is 0.909 bits per heavy atom. The smallest absolute Gasteiger partial charge is 0.178 e. The maximum atomic E-state index is 15.7. The van der Waals surface area contributed by atoms with Gasteiger partial charge in [-0.1, -0.05) is 12.1 Å². The number of aromatic nitrogens is 7. The molecule has 0 radical (unpaired) electrons. The van der Waals surface area contributed by atoms with E-state index in [0.717, 1.165) is 11.1 Å². The zero-order valence-electron chi connectivity index (χ0n) is 17.3. The average molecular weight is 439 g/mol. The Hall–Kier alpha value is -4.53. The molecule has 6 rings (SSSR count). The molecule has 160 valence electrons. The third-order valence-electron chi connectivity index (χ3n) is 5.59. The van der Waals surface area contributed by atoms with Crippen molar-refractivity contribution in [1.29, 1.82) is 0 Å². The molecule has 7 nitrogen and oxygen atoms in total. The molecule has 0 saturated carbocycles. The van der Waals surface area contributed by atoms with Crippen LogP contribution < -0.4 is 0 Å². The fourth-order valence-electron chi connectivity index (χ4n) is 3.97. The van der Waals surface area contributed by atoms with Crippen LogP contribution in [0.4, 0.5) is 8.78 Å². The van der Waals surface area contributed by atoms with Gasteiger partial charge in [-0.15, -0.1) is 0 Å². The first-order valence-electron chi connectivity index (χ1n) is 10.1. The minimum atomic E-state index is -0.522. The Kier molecular flexibility index (Phi) is 4.22. The number of pyridine rings is 3. The predicted molar refractivity (Wildman–Crippen MR) is 120 cm³/mol. The quantitative estimate of drug-likeness (QED) is 0.395. The van der Waals surface area contributed by atoms with Gasteiger partial charge in [0.25, 0.3) is 0 Å². The van der Waals surface area contributed by atoms with Gasteiger partial charge in [-0.05, 0) is 42.3 Å². The van der Waals surface area contributed by atoms with Crippen LogP contribution in [0, 0.1) is 18.6 Å². The molecular formula is C24H15F2N7. The first-order valence-corrected chi connectivity index (χ1v) is 10.1. The number of hydrogen-bond acceptors (Lipinski definition) is 5. The van der Waals surface area contributed by atoms with E-state index in [0.29, 0.717) is 39.3 Å². The van der Waals surface area contributed by atoms with Crippen LogP contribution in [0.15, 0.2) is 61.2 Å². The first-order chi connectivity index (χ1) is 16.1. The lowest BCUT2D eigenvalue weighted by Crippen LogP contribution is -1.94. The highest BCUT2D eigenvalue weighted by Crippen LogP contribution is 2.34. The number of nitrogens with one attached hydrogen (secondary N) is 2. The molecule has 1 aromatic carbocycles. The van der Waals surface area contributed by atoms with Crippen molar-refractivity contribution in [3.63, 3.8) is 0 Å². The minimum absolute atomic E-state index is 0.186. The molecule has 0 aliphatic rings. The molecule has 0 bridgehead atoms. The zero-order chi connectivity index (χ0) is 22.5. The molecule has 0 fully saturated rings. The van der Waals surface area contributed by atoms with E-state index in [2.05, 4.69) is 35.1 Å². The van der Waals surface area contributed by atoms with Crippen molar-refractivity contribution in [2.75, 3.05) is 0 Å². The van der Waals surface area contributed by atoms with Gasteiger partial charge in [-0.3, -0.25) is 15.1 Å². The summed E-state index contributed by atoms with van der Waals surface area (Å²) in [5, 5.41) is 7.37. The summed E-state index contributed by atoms with van der Waals surface area (Å²) < 4.78 is 29.5. The first kappa shape index (κ1) is 19.2. The van der Waals surface area contributed by atoms with E-state index in [1.807, 2.05) is 6.92 Å². The van der Waals surface area contributed by atoms with E-state index >= 15 is 4.39 Å². The van der Waals surface area contributed by atoms with E-state index in [9.17, 15) is 4.39 Å². The highest BCUT2D eigenvalue weighted by molar-refractivity contribution is 5.97. The molecular weight excluding hydrogens is 424 g/mol. The van der Waals surface area contributed by atoms with Gasteiger partial charge in [0.15, 0.2) is 17.3 Å². The zero-order valence-corrected chi connectivity index (χ0v) is 17.3. The second kappa shape index (κ2) is 7.27. The van der Waals surface area contributed by atoms with E-state index in [-0.39, 0.29) is 16.9 Å². The summed E-state index contributed by atoms with van der Waals surface area (Å²) in [4.78, 5) is 20.4. The summed E-state index contributed by atoms with van der Waals surface area (Å²) in [7, 11) is 0. The van der Waals surface area contributed by atoms with Gasteiger partial charge in [-0.25, -0.2) is 18.7 Å². The molecule has 6 aromatic rings. The summed E-state index contributed by atoms with van der Waals surface area (Å²) in [6.45, 7) is 1.87. The van der Waals surface area contributed by atoms with E-state index < -0.39 is 5.82 Å². The third kappa shape index (κ3) is 3.05. The molecule has 0 amide bonds. The summed E-state index contributed by atoms with van der Waals surface area (Å²) in [5.41, 5.74) is 4.80. The number of halogens is 2. The van der Waals surface area contributed by atoms with Gasteiger partial charge < -0.3 is 4.98 Å². The lowest BCUT2D eigenvalue weighted by atomic mass is 10.1. The number of nitrogens with zero attached hydrogens (tertiary/aromatic N) is 5. The highest BCUT2D eigenvalue weighted by Gasteiger charge is 2.22. The SMILES string of the molecule is Cc1ccncc1-c1ncc2[nH]nc(-c3nc4nccc(-c5cccc(F)c5)c4[nH]3)c2c1F. The molecule has 0 saturated heterocycles. The number of benzene rings is 1. The summed E-state index contributed by atoms with van der Waals surface area (Å²) in [6, 6.07) is 9.84. The van der Waals surface area contributed by atoms with Gasteiger partial charge in [0.1, 0.15) is 17.2 Å². The monoisotopic (exact) mass is 439 g/mol. The number of aryl methyl sites for hydroxylation is 1. The Bertz CT molecular complexity index is 1670. The molecule has 5 heterocycles. The molecule has 2 N–H and O–H groups in total. The summed E-state index contributed by atoms with van der Waals surface area (Å²) in [6.07, 6.45) is 6.37. The average Bonchev–Trinajstić information content (AvgIpc) is 3.44. The number of H-pyrrole nitrogens is 2. The summed E-state index contributed by atoms with van der Waals surface area (Å²) >= 11 is 0. The molecule has 9 heteroatoms. The molecule has 0 aliphatic carbocycles. The molecule has 0 unspecified atom stereocenters. The fraction of sp³-hybridized carbons (Fsp3) is 0.0417. The van der Waals surface area contributed by atoms with Crippen molar-refractivity contribution in [2.45, 2.75) is 6.92 Å². The van der Waals surface area contributed by atoms with Crippen molar-refractivity contribution >= 4 is 22.1 Å². The van der Waals surface area contributed by atoms with Crippen LogP contribution >= 0.6 is 0 Å². The second-order valence-corrected chi connectivity index (χ2v) is 7.63. The van der Waals surface area contributed by atoms with Gasteiger partial charge >= 0.3 is 0 Å². The van der Waals surface area contributed by atoms with Crippen molar-refractivity contribution in [3.8, 4) is 33.9 Å². The van der Waals surface area contributed by atoms with Gasteiger partial charge in [0.2, 0.25) is 0 Å². The van der Waals surface area contributed by atoms with Crippen LogP contribution in [0.25, 0.3) is 56.0 Å². The topological polar surface area (TPSA) is 96.0 Å². The van der Waals surface area contributed by atoms with Crippen LogP contribution in [0.1, 0.15) is 5.56 Å². The van der Waals surface area contributed by atoms with Crippen molar-refractivity contribution in [1.82, 2.24) is 35.1 Å². The van der Waals surface area contributed by atoms with Crippen molar-refractivity contribution < 1.29 is 8.78 Å². The maximum Gasteiger partial charge on any atom is 0.178 e. The predicted octanol–water partition coefficient (Wildman–Crippen LogP) is 5.21. The Balaban J connectivity index is 1.56. The molecule has 0 aliphatic heterocycles. The molecule has 5 aromatic heterocycles. The molecule has 33 heavy (non-hydrogen) atoms.